The summed E-state index contributed by atoms with van der Waals surface area (Å²) in [6, 6.07) is 0. The molecule has 0 aromatic carbocycles. The van der Waals surface area contributed by atoms with Crippen molar-refractivity contribution in [3.05, 3.63) is 0 Å². The first-order valence-corrected chi connectivity index (χ1v) is 8.99. The normalized spacial score (nSPS) is 20.4. The van der Waals surface area contributed by atoms with E-state index in [-0.39, 0.29) is 26.3 Å². The number of nitrogens with zero attached hydrogens (tertiary/aromatic N) is 4. The molecule has 0 aliphatic carbocycles. The van der Waals surface area contributed by atoms with Crippen LogP contribution < -0.4 is 0 Å². The maximum Gasteiger partial charge on any atom is 0.317 e. The summed E-state index contributed by atoms with van der Waals surface area (Å²) in [6.45, 7) is 5.48. The topological polar surface area (TPSA) is 128 Å². The van der Waals surface area contributed by atoms with Gasteiger partial charge in [-0.1, -0.05) is 0 Å². The fourth-order valence-corrected chi connectivity index (χ4v) is 3.01. The van der Waals surface area contributed by atoms with Gasteiger partial charge in [-0.2, -0.15) is 0 Å². The molecule has 0 atom stereocenters. The van der Waals surface area contributed by atoms with E-state index in [0.29, 0.717) is 65.4 Å². The third kappa shape index (κ3) is 10.00. The zero-order valence-corrected chi connectivity index (χ0v) is 15.3. The van der Waals surface area contributed by atoms with E-state index in [1.165, 1.54) is 0 Å². The molecule has 1 aliphatic heterocycles. The lowest BCUT2D eigenvalue weighted by molar-refractivity contribution is -0.139. The summed E-state index contributed by atoms with van der Waals surface area (Å²) in [4.78, 5) is 29.9. The average molecular weight is 376 g/mol. The molecule has 0 aromatic rings. The highest BCUT2D eigenvalue weighted by molar-refractivity contribution is 5.69. The van der Waals surface area contributed by atoms with E-state index in [1.54, 1.807) is 0 Å². The lowest BCUT2D eigenvalue weighted by Gasteiger charge is -2.33. The second-order valence-corrected chi connectivity index (χ2v) is 6.47. The van der Waals surface area contributed by atoms with Crippen LogP contribution in [0, 0.1) is 0 Å². The van der Waals surface area contributed by atoms with Gasteiger partial charge in [-0.25, -0.2) is 0 Å². The summed E-state index contributed by atoms with van der Waals surface area (Å²) in [7, 11) is 0. The Morgan fingerprint density at radius 3 is 1.08 bits per heavy atom. The van der Waals surface area contributed by atoms with Crippen LogP contribution in [-0.2, 0) is 9.59 Å². The van der Waals surface area contributed by atoms with Crippen molar-refractivity contribution in [2.45, 2.75) is 0 Å². The number of carboxylic acid groups (broad SMARTS) is 2. The predicted molar refractivity (Wildman–Crippen MR) is 95.2 cm³/mol. The van der Waals surface area contributed by atoms with Crippen molar-refractivity contribution in [2.24, 2.45) is 0 Å². The van der Waals surface area contributed by atoms with Crippen LogP contribution in [0.25, 0.3) is 0 Å². The number of aliphatic hydroxyl groups is 2. The number of aliphatic hydroxyl groups excluding tert-OH is 2. The Labute approximate surface area is 154 Å². The Balaban J connectivity index is 2.79. The molecule has 1 fully saturated rings. The van der Waals surface area contributed by atoms with Crippen LogP contribution in [0.15, 0.2) is 0 Å². The fraction of sp³-hybridized carbons (Fsp3) is 0.875. The van der Waals surface area contributed by atoms with Crippen molar-refractivity contribution >= 4 is 11.9 Å². The molecule has 4 N–H and O–H groups in total. The van der Waals surface area contributed by atoms with Gasteiger partial charge in [0.05, 0.1) is 26.3 Å². The van der Waals surface area contributed by atoms with Gasteiger partial charge in [-0.3, -0.25) is 29.2 Å². The van der Waals surface area contributed by atoms with Crippen molar-refractivity contribution in [1.82, 2.24) is 19.6 Å². The fourth-order valence-electron chi connectivity index (χ4n) is 3.01. The van der Waals surface area contributed by atoms with Crippen molar-refractivity contribution in [1.29, 1.82) is 0 Å². The van der Waals surface area contributed by atoms with Gasteiger partial charge in [-0.05, 0) is 0 Å². The van der Waals surface area contributed by atoms with Crippen LogP contribution in [0.2, 0.25) is 0 Å². The number of rotatable bonds is 8. The molecule has 1 saturated heterocycles. The molecule has 0 saturated carbocycles. The zero-order chi connectivity index (χ0) is 19.4. The zero-order valence-electron chi connectivity index (χ0n) is 15.3. The molecule has 1 rings (SSSR count). The van der Waals surface area contributed by atoms with Crippen LogP contribution >= 0.6 is 0 Å². The summed E-state index contributed by atoms with van der Waals surface area (Å²) in [5.74, 6) is -1.76. The molecule has 1 heterocycles. The molecule has 10 nitrogen and oxygen atoms in total. The van der Waals surface area contributed by atoms with Gasteiger partial charge in [0.2, 0.25) is 0 Å². The Bertz CT molecular complexity index is 372. The Hall–Kier alpha value is -1.30. The summed E-state index contributed by atoms with van der Waals surface area (Å²) < 4.78 is 0. The Morgan fingerprint density at radius 1 is 0.577 bits per heavy atom. The highest BCUT2D eigenvalue weighted by Crippen LogP contribution is 2.01. The smallest absolute Gasteiger partial charge is 0.317 e. The minimum Gasteiger partial charge on any atom is -0.480 e. The summed E-state index contributed by atoms with van der Waals surface area (Å²) >= 11 is 0. The molecular formula is C16H32N4O6. The van der Waals surface area contributed by atoms with Gasteiger partial charge in [0.25, 0.3) is 0 Å². The van der Waals surface area contributed by atoms with Crippen molar-refractivity contribution in [3.8, 4) is 0 Å². The predicted octanol–water partition coefficient (Wildman–Crippen LogP) is -2.64. The van der Waals surface area contributed by atoms with Crippen LogP contribution in [0.1, 0.15) is 0 Å². The van der Waals surface area contributed by atoms with Gasteiger partial charge in [-0.15, -0.1) is 0 Å². The molecule has 0 bridgehead atoms. The summed E-state index contributed by atoms with van der Waals surface area (Å²) in [5, 5.41) is 36.7. The average Bonchev–Trinajstić information content (AvgIpc) is 2.56. The van der Waals surface area contributed by atoms with E-state index in [9.17, 15) is 19.8 Å². The number of hydrogen-bond donors (Lipinski definition) is 4. The lowest BCUT2D eigenvalue weighted by atomic mass is 10.3. The highest BCUT2D eigenvalue weighted by atomic mass is 16.4. The van der Waals surface area contributed by atoms with Crippen molar-refractivity contribution in [2.75, 3.05) is 91.8 Å². The van der Waals surface area contributed by atoms with E-state index in [4.69, 9.17) is 10.2 Å². The second-order valence-electron chi connectivity index (χ2n) is 6.47. The Kier molecular flexibility index (Phi) is 11.3. The molecule has 1 aliphatic rings. The number of carbonyl (C=O) groups is 2. The molecule has 26 heavy (non-hydrogen) atoms. The van der Waals surface area contributed by atoms with E-state index in [2.05, 4.69) is 0 Å². The first-order chi connectivity index (χ1) is 12.4. The third-order valence-electron chi connectivity index (χ3n) is 4.48. The van der Waals surface area contributed by atoms with Crippen LogP contribution in [0.4, 0.5) is 0 Å². The minimum atomic E-state index is -0.882. The van der Waals surface area contributed by atoms with Gasteiger partial charge in [0, 0.05) is 65.4 Å². The van der Waals surface area contributed by atoms with Crippen molar-refractivity contribution in [3.63, 3.8) is 0 Å². The van der Waals surface area contributed by atoms with E-state index in [1.807, 2.05) is 19.6 Å². The quantitative estimate of drug-likeness (QED) is 0.357. The highest BCUT2D eigenvalue weighted by Gasteiger charge is 2.18. The maximum atomic E-state index is 11.1. The van der Waals surface area contributed by atoms with Crippen LogP contribution in [-0.4, -0.2) is 144 Å². The minimum absolute atomic E-state index is 0.00212. The third-order valence-corrected chi connectivity index (χ3v) is 4.48. The molecule has 152 valence electrons. The van der Waals surface area contributed by atoms with Gasteiger partial charge in [0.1, 0.15) is 0 Å². The number of carboxylic acids is 2. The van der Waals surface area contributed by atoms with Crippen LogP contribution in [0.5, 0.6) is 0 Å². The largest absolute Gasteiger partial charge is 0.480 e. The van der Waals surface area contributed by atoms with E-state index in [0.717, 1.165) is 0 Å². The summed E-state index contributed by atoms with van der Waals surface area (Å²) in [5.41, 5.74) is 0. The van der Waals surface area contributed by atoms with Crippen molar-refractivity contribution < 1.29 is 30.0 Å². The molecule has 0 spiro atoms. The molecule has 0 unspecified atom stereocenters. The van der Waals surface area contributed by atoms with E-state index >= 15 is 0 Å². The number of hydrogen-bond acceptors (Lipinski definition) is 8. The van der Waals surface area contributed by atoms with Crippen LogP contribution in [0.3, 0.4) is 0 Å². The summed E-state index contributed by atoms with van der Waals surface area (Å²) in [6.07, 6.45) is 0. The number of aliphatic carboxylic acids is 2. The molecule has 0 radical (unpaired) electrons. The first-order valence-electron chi connectivity index (χ1n) is 8.99. The number of β-amino-alcohol motifs (C(OH)–C–C–N with tert-alkyl or cyclic N) is 2. The molecule has 10 heteroatoms. The Morgan fingerprint density at radius 2 is 0.846 bits per heavy atom. The standard InChI is InChI=1S/C16H32N4O6/c21-11-9-17-1-5-19(13-15(23)24)7-3-18(10-12-22)4-8-20(6-2-17)14-16(25)26/h21-22H,1-14H2,(H,23,24)(H,25,26). The maximum absolute atomic E-state index is 11.1. The first kappa shape index (κ1) is 22.7. The SMILES string of the molecule is O=C(O)CN1CCN(CCO)CCN(CC(=O)O)CCN(CCO)CC1. The lowest BCUT2D eigenvalue weighted by Crippen LogP contribution is -2.48. The van der Waals surface area contributed by atoms with E-state index < -0.39 is 11.9 Å². The molecular weight excluding hydrogens is 344 g/mol. The molecule has 0 aromatic heterocycles. The van der Waals surface area contributed by atoms with Gasteiger partial charge >= 0.3 is 11.9 Å². The van der Waals surface area contributed by atoms with Gasteiger partial charge in [0.15, 0.2) is 0 Å². The molecule has 0 amide bonds. The van der Waals surface area contributed by atoms with Gasteiger partial charge < -0.3 is 20.4 Å². The second kappa shape index (κ2) is 13.0. The monoisotopic (exact) mass is 376 g/mol.